The van der Waals surface area contributed by atoms with Crippen molar-refractivity contribution in [3.05, 3.63) is 11.6 Å². The van der Waals surface area contributed by atoms with Crippen molar-refractivity contribution in [2.24, 2.45) is 5.73 Å². The third-order valence-corrected chi connectivity index (χ3v) is 3.60. The summed E-state index contributed by atoms with van der Waals surface area (Å²) in [7, 11) is 0. The second kappa shape index (κ2) is 3.82. The summed E-state index contributed by atoms with van der Waals surface area (Å²) < 4.78 is 7.87. The van der Waals surface area contributed by atoms with Crippen LogP contribution in [0.2, 0.25) is 0 Å². The van der Waals surface area contributed by atoms with Gasteiger partial charge < -0.3 is 15.0 Å². The molecular formula is C11H18N4O. The first-order valence-corrected chi connectivity index (χ1v) is 6.06. The Morgan fingerprint density at radius 3 is 2.75 bits per heavy atom. The number of aromatic nitrogens is 3. The number of nitrogens with zero attached hydrogens (tertiary/aromatic N) is 3. The summed E-state index contributed by atoms with van der Waals surface area (Å²) in [6, 6.07) is 0.594. The molecule has 2 fully saturated rings. The second-order valence-electron chi connectivity index (χ2n) is 4.75. The Morgan fingerprint density at radius 1 is 1.38 bits per heavy atom. The van der Waals surface area contributed by atoms with E-state index in [1.54, 1.807) is 0 Å². The number of hydrogen-bond acceptors (Lipinski definition) is 4. The topological polar surface area (TPSA) is 66.0 Å². The van der Waals surface area contributed by atoms with Gasteiger partial charge in [0.25, 0.3) is 0 Å². The van der Waals surface area contributed by atoms with Gasteiger partial charge in [-0.1, -0.05) is 0 Å². The highest BCUT2D eigenvalue weighted by Gasteiger charge is 2.35. The third-order valence-electron chi connectivity index (χ3n) is 3.60. The maximum atomic E-state index is 5.71. The molecule has 2 atom stereocenters. The first-order valence-electron chi connectivity index (χ1n) is 6.06. The zero-order valence-corrected chi connectivity index (χ0v) is 9.59. The molecule has 88 valence electrons. The van der Waals surface area contributed by atoms with Crippen LogP contribution in [0.15, 0.2) is 0 Å². The molecule has 0 spiro atoms. The molecule has 0 amide bonds. The molecule has 1 saturated heterocycles. The lowest BCUT2D eigenvalue weighted by Crippen LogP contribution is -2.17. The van der Waals surface area contributed by atoms with E-state index in [1.807, 2.05) is 0 Å². The first-order chi connectivity index (χ1) is 7.81. The molecule has 2 unspecified atom stereocenters. The molecule has 1 aromatic heterocycles. The summed E-state index contributed by atoms with van der Waals surface area (Å²) in [6.45, 7) is 3.43. The molecule has 16 heavy (non-hydrogen) atoms. The van der Waals surface area contributed by atoms with E-state index in [4.69, 9.17) is 10.5 Å². The monoisotopic (exact) mass is 222 g/mol. The molecule has 5 heteroatoms. The maximum Gasteiger partial charge on any atom is 0.147 e. The van der Waals surface area contributed by atoms with E-state index < -0.39 is 0 Å². The Hall–Kier alpha value is -0.940. The van der Waals surface area contributed by atoms with Gasteiger partial charge in [-0.3, -0.25) is 0 Å². The van der Waals surface area contributed by atoms with E-state index in [2.05, 4.69) is 21.7 Å². The largest absolute Gasteiger partial charge is 0.378 e. The average Bonchev–Trinajstić information content (AvgIpc) is 2.90. The molecule has 0 radical (unpaired) electrons. The van der Waals surface area contributed by atoms with Crippen LogP contribution in [-0.4, -0.2) is 27.5 Å². The van der Waals surface area contributed by atoms with Crippen LogP contribution in [0.25, 0.3) is 0 Å². The van der Waals surface area contributed by atoms with Crippen LogP contribution >= 0.6 is 0 Å². The summed E-state index contributed by atoms with van der Waals surface area (Å²) in [5.41, 5.74) is 5.71. The Kier molecular flexibility index (Phi) is 2.44. The molecule has 2 heterocycles. The van der Waals surface area contributed by atoms with Gasteiger partial charge in [-0.15, -0.1) is 10.2 Å². The van der Waals surface area contributed by atoms with Gasteiger partial charge in [0, 0.05) is 18.6 Å². The van der Waals surface area contributed by atoms with Gasteiger partial charge in [0.05, 0.1) is 12.6 Å². The normalized spacial score (nSPS) is 29.9. The van der Waals surface area contributed by atoms with Crippen LogP contribution in [0, 0.1) is 0 Å². The molecule has 1 aliphatic carbocycles. The fourth-order valence-corrected chi connectivity index (χ4v) is 2.53. The van der Waals surface area contributed by atoms with Gasteiger partial charge in [-0.25, -0.2) is 0 Å². The second-order valence-corrected chi connectivity index (χ2v) is 4.75. The SMILES string of the molecule is CC1OCCC1c1nnc(CN)n1C1CC1. The highest BCUT2D eigenvalue weighted by Crippen LogP contribution is 2.40. The van der Waals surface area contributed by atoms with E-state index in [0.717, 1.165) is 24.7 Å². The van der Waals surface area contributed by atoms with Crippen molar-refractivity contribution >= 4 is 0 Å². The Labute approximate surface area is 95.0 Å². The number of ether oxygens (including phenoxy) is 1. The highest BCUT2D eigenvalue weighted by molar-refractivity contribution is 5.10. The van der Waals surface area contributed by atoms with Gasteiger partial charge in [-0.2, -0.15) is 0 Å². The fourth-order valence-electron chi connectivity index (χ4n) is 2.53. The Bertz CT molecular complexity index is 385. The van der Waals surface area contributed by atoms with E-state index in [1.165, 1.54) is 12.8 Å². The predicted octanol–water partition coefficient (Wildman–Crippen LogP) is 0.964. The lowest BCUT2D eigenvalue weighted by atomic mass is 10.0. The lowest BCUT2D eigenvalue weighted by molar-refractivity contribution is 0.116. The van der Waals surface area contributed by atoms with Crippen LogP contribution in [0.4, 0.5) is 0 Å². The zero-order chi connectivity index (χ0) is 11.1. The van der Waals surface area contributed by atoms with Crippen LogP contribution in [-0.2, 0) is 11.3 Å². The molecule has 0 bridgehead atoms. The summed E-state index contributed by atoms with van der Waals surface area (Å²) >= 11 is 0. The molecule has 1 aliphatic heterocycles. The van der Waals surface area contributed by atoms with Crippen molar-refractivity contribution in [1.29, 1.82) is 0 Å². The van der Waals surface area contributed by atoms with Crippen molar-refractivity contribution in [2.45, 2.75) is 50.8 Å². The molecule has 2 N–H and O–H groups in total. The first kappa shape index (κ1) is 10.2. The van der Waals surface area contributed by atoms with Crippen molar-refractivity contribution in [2.75, 3.05) is 6.61 Å². The number of nitrogens with two attached hydrogens (primary N) is 1. The summed E-state index contributed by atoms with van der Waals surface area (Å²) in [5.74, 6) is 2.41. The van der Waals surface area contributed by atoms with Crippen molar-refractivity contribution in [1.82, 2.24) is 14.8 Å². The smallest absolute Gasteiger partial charge is 0.147 e. The average molecular weight is 222 g/mol. The van der Waals surface area contributed by atoms with Gasteiger partial charge >= 0.3 is 0 Å². The molecule has 2 aliphatic rings. The van der Waals surface area contributed by atoms with Crippen LogP contribution in [0.3, 0.4) is 0 Å². The highest BCUT2D eigenvalue weighted by atomic mass is 16.5. The summed E-state index contributed by atoms with van der Waals surface area (Å²) in [4.78, 5) is 0. The minimum atomic E-state index is 0.257. The molecule has 1 saturated carbocycles. The maximum absolute atomic E-state index is 5.71. The molecule has 3 rings (SSSR count). The van der Waals surface area contributed by atoms with Crippen molar-refractivity contribution < 1.29 is 4.74 Å². The van der Waals surface area contributed by atoms with Crippen molar-refractivity contribution in [3.63, 3.8) is 0 Å². The van der Waals surface area contributed by atoms with Gasteiger partial charge in [-0.05, 0) is 26.2 Å². The minimum absolute atomic E-state index is 0.257. The third kappa shape index (κ3) is 1.55. The standard InChI is InChI=1S/C11H18N4O/c1-7-9(4-5-16-7)11-14-13-10(6-12)15(11)8-2-3-8/h7-9H,2-6,12H2,1H3. The molecule has 1 aromatic rings. The predicted molar refractivity (Wildman–Crippen MR) is 59.0 cm³/mol. The number of hydrogen-bond donors (Lipinski definition) is 1. The van der Waals surface area contributed by atoms with E-state index in [-0.39, 0.29) is 6.10 Å². The van der Waals surface area contributed by atoms with E-state index >= 15 is 0 Å². The molecule has 0 aromatic carbocycles. The Morgan fingerprint density at radius 2 is 2.19 bits per heavy atom. The van der Waals surface area contributed by atoms with Crippen molar-refractivity contribution in [3.8, 4) is 0 Å². The van der Waals surface area contributed by atoms with Gasteiger partial charge in [0.15, 0.2) is 0 Å². The minimum Gasteiger partial charge on any atom is -0.378 e. The zero-order valence-electron chi connectivity index (χ0n) is 9.59. The van der Waals surface area contributed by atoms with E-state index in [0.29, 0.717) is 18.5 Å². The van der Waals surface area contributed by atoms with Gasteiger partial charge in [0.2, 0.25) is 0 Å². The molecular weight excluding hydrogens is 204 g/mol. The van der Waals surface area contributed by atoms with Crippen LogP contribution in [0.1, 0.15) is 49.8 Å². The lowest BCUT2D eigenvalue weighted by Gasteiger charge is -2.15. The Balaban J connectivity index is 1.96. The van der Waals surface area contributed by atoms with Crippen LogP contribution < -0.4 is 5.73 Å². The van der Waals surface area contributed by atoms with E-state index in [9.17, 15) is 0 Å². The quantitative estimate of drug-likeness (QED) is 0.827. The summed E-state index contributed by atoms with van der Waals surface area (Å²) in [5, 5.41) is 8.54. The van der Waals surface area contributed by atoms with Crippen LogP contribution in [0.5, 0.6) is 0 Å². The fraction of sp³-hybridized carbons (Fsp3) is 0.818. The van der Waals surface area contributed by atoms with Gasteiger partial charge in [0.1, 0.15) is 11.6 Å². The molecule has 5 nitrogen and oxygen atoms in total. The number of rotatable bonds is 3. The summed E-state index contributed by atoms with van der Waals surface area (Å²) in [6.07, 6.45) is 3.78.